The van der Waals surface area contributed by atoms with E-state index in [0.29, 0.717) is 36.7 Å². The van der Waals surface area contributed by atoms with Gasteiger partial charge in [-0.3, -0.25) is 9.69 Å². The van der Waals surface area contributed by atoms with Crippen molar-refractivity contribution >= 4 is 16.8 Å². The van der Waals surface area contributed by atoms with E-state index in [1.54, 1.807) is 18.2 Å². The van der Waals surface area contributed by atoms with Gasteiger partial charge in [-0.15, -0.1) is 0 Å². The number of rotatable bonds is 10. The molecule has 5 rings (SSSR count). The summed E-state index contributed by atoms with van der Waals surface area (Å²) in [7, 11) is 0. The van der Waals surface area contributed by atoms with Crippen LogP contribution in [0.15, 0.2) is 36.5 Å². The van der Waals surface area contributed by atoms with Crippen LogP contribution in [-0.4, -0.2) is 47.6 Å². The van der Waals surface area contributed by atoms with Crippen molar-refractivity contribution in [1.29, 1.82) is 0 Å². The van der Waals surface area contributed by atoms with Crippen molar-refractivity contribution in [3.05, 3.63) is 64.9 Å². The van der Waals surface area contributed by atoms with Gasteiger partial charge in [-0.05, 0) is 81.0 Å². The van der Waals surface area contributed by atoms with Gasteiger partial charge in [0.15, 0.2) is 11.6 Å². The van der Waals surface area contributed by atoms with Crippen molar-refractivity contribution in [3.63, 3.8) is 0 Å². The third kappa shape index (κ3) is 5.12. The van der Waals surface area contributed by atoms with Crippen LogP contribution in [0.2, 0.25) is 0 Å². The van der Waals surface area contributed by atoms with Crippen molar-refractivity contribution < 1.29 is 18.3 Å². The third-order valence-corrected chi connectivity index (χ3v) is 7.74. The fourth-order valence-electron chi connectivity index (χ4n) is 5.52. The normalized spacial score (nSPS) is 17.6. The molecule has 192 valence electrons. The van der Waals surface area contributed by atoms with Gasteiger partial charge in [0.2, 0.25) is 0 Å². The van der Waals surface area contributed by atoms with Crippen LogP contribution in [0, 0.1) is 11.6 Å². The van der Waals surface area contributed by atoms with Crippen molar-refractivity contribution in [2.75, 3.05) is 19.7 Å². The number of hydrogen-bond acceptors (Lipinski definition) is 3. The van der Waals surface area contributed by atoms with Crippen molar-refractivity contribution in [3.8, 4) is 5.75 Å². The lowest BCUT2D eigenvalue weighted by molar-refractivity contribution is 0.0421. The quantitative estimate of drug-likeness (QED) is 0.351. The maximum absolute atomic E-state index is 14.6. The van der Waals surface area contributed by atoms with E-state index < -0.39 is 5.82 Å². The first-order chi connectivity index (χ1) is 17.5. The Balaban J connectivity index is 1.30. The van der Waals surface area contributed by atoms with Gasteiger partial charge in [0.1, 0.15) is 12.4 Å². The predicted octanol–water partition coefficient (Wildman–Crippen LogP) is 5.77. The number of fused-ring (bicyclic) bond motifs is 2. The van der Waals surface area contributed by atoms with Gasteiger partial charge in [-0.25, -0.2) is 8.78 Å². The van der Waals surface area contributed by atoms with Gasteiger partial charge < -0.3 is 15.0 Å². The van der Waals surface area contributed by atoms with E-state index in [9.17, 15) is 13.6 Å². The Hall–Kier alpha value is -2.93. The topological polar surface area (TPSA) is 57.4 Å². The van der Waals surface area contributed by atoms with Gasteiger partial charge in [0.25, 0.3) is 5.91 Å². The lowest BCUT2D eigenvalue weighted by atomic mass is 9.87. The molecule has 2 N–H and O–H groups in total. The van der Waals surface area contributed by atoms with E-state index in [4.69, 9.17) is 4.74 Å². The molecule has 1 unspecified atom stereocenters. The number of aryl methyl sites for hydroxylation is 1. The Bertz CT molecular complexity index is 1220. The molecule has 1 aliphatic carbocycles. The van der Waals surface area contributed by atoms with Gasteiger partial charge in [-0.1, -0.05) is 19.8 Å². The molecule has 7 heteroatoms. The van der Waals surface area contributed by atoms with Gasteiger partial charge in [0, 0.05) is 46.9 Å². The highest BCUT2D eigenvalue weighted by atomic mass is 19.1. The van der Waals surface area contributed by atoms with Crippen molar-refractivity contribution in [1.82, 2.24) is 15.2 Å². The average Bonchev–Trinajstić information content (AvgIpc) is 3.24. The Morgan fingerprint density at radius 3 is 2.81 bits per heavy atom. The van der Waals surface area contributed by atoms with Crippen molar-refractivity contribution in [2.45, 2.75) is 70.4 Å². The number of hydrogen-bond donors (Lipinski definition) is 2. The monoisotopic (exact) mass is 495 g/mol. The Morgan fingerprint density at radius 1 is 1.17 bits per heavy atom. The summed E-state index contributed by atoms with van der Waals surface area (Å²) in [5.74, 6) is -0.566. The smallest absolute Gasteiger partial charge is 0.251 e. The Morgan fingerprint density at radius 2 is 2.03 bits per heavy atom. The van der Waals surface area contributed by atoms with E-state index in [1.165, 1.54) is 18.6 Å². The summed E-state index contributed by atoms with van der Waals surface area (Å²) < 4.78 is 34.3. The molecule has 0 radical (unpaired) electrons. The largest absolute Gasteiger partial charge is 0.489 e. The van der Waals surface area contributed by atoms with Crippen LogP contribution in [-0.2, 0) is 12.8 Å². The number of halogens is 2. The Labute approximate surface area is 211 Å². The molecule has 2 aromatic carbocycles. The Kier molecular flexibility index (Phi) is 7.56. The minimum absolute atomic E-state index is 0.0900. The van der Waals surface area contributed by atoms with Crippen molar-refractivity contribution in [2.24, 2.45) is 0 Å². The molecule has 0 saturated heterocycles. The minimum Gasteiger partial charge on any atom is -0.489 e. The number of aromatic amines is 1. The third-order valence-electron chi connectivity index (χ3n) is 7.74. The van der Waals surface area contributed by atoms with Gasteiger partial charge in [-0.2, -0.15) is 0 Å². The predicted molar refractivity (Wildman–Crippen MR) is 138 cm³/mol. The van der Waals surface area contributed by atoms with Crippen LogP contribution in [0.5, 0.6) is 5.75 Å². The van der Waals surface area contributed by atoms with Gasteiger partial charge in [0.05, 0.1) is 0 Å². The summed E-state index contributed by atoms with van der Waals surface area (Å²) in [5, 5.41) is 3.91. The molecular formula is C29H35F2N3O2. The number of unbranched alkanes of at least 4 members (excludes halogenated alkanes) is 1. The van der Waals surface area contributed by atoms with E-state index in [0.717, 1.165) is 61.5 Å². The van der Waals surface area contributed by atoms with E-state index in [-0.39, 0.29) is 23.5 Å². The number of nitrogens with one attached hydrogen (secondary N) is 2. The number of ether oxygens (including phenoxy) is 1. The highest BCUT2D eigenvalue weighted by Crippen LogP contribution is 2.35. The maximum atomic E-state index is 14.6. The number of carbonyl (C=O) groups is 1. The second-order valence-corrected chi connectivity index (χ2v) is 10.1. The first-order valence-electron chi connectivity index (χ1n) is 13.3. The lowest BCUT2D eigenvalue weighted by Gasteiger charge is -2.44. The summed E-state index contributed by atoms with van der Waals surface area (Å²) >= 11 is 0. The summed E-state index contributed by atoms with van der Waals surface area (Å²) in [6, 6.07) is 8.35. The van der Waals surface area contributed by atoms with Crippen LogP contribution < -0.4 is 10.1 Å². The first-order valence-corrected chi connectivity index (χ1v) is 13.3. The van der Waals surface area contributed by atoms with Crippen LogP contribution in [0.4, 0.5) is 8.78 Å². The first kappa shape index (κ1) is 24.8. The standard InChI is InChI=1S/C29H35F2N3O2/c1-2-3-13-32-29(35)23-10-11-26(31)28-25(23)16-22(18-36-28)34(21-7-4-8-21)14-5-6-19-17-33-27-12-9-20(30)15-24(19)27/h9-12,15,17,21-22,33H,2-8,13-14,16,18H2,1H3,(H,32,35). The molecule has 2 aliphatic rings. The van der Waals surface area contributed by atoms with Crippen LogP contribution in [0.1, 0.15) is 66.9 Å². The van der Waals surface area contributed by atoms with Crippen LogP contribution in [0.25, 0.3) is 10.9 Å². The molecule has 5 nitrogen and oxygen atoms in total. The zero-order valence-electron chi connectivity index (χ0n) is 20.9. The lowest BCUT2D eigenvalue weighted by Crippen LogP contribution is -2.51. The molecular weight excluding hydrogens is 460 g/mol. The molecule has 1 saturated carbocycles. The average molecular weight is 496 g/mol. The van der Waals surface area contributed by atoms with E-state index in [1.807, 2.05) is 6.20 Å². The molecule has 0 bridgehead atoms. The van der Waals surface area contributed by atoms with Crippen LogP contribution in [0.3, 0.4) is 0 Å². The number of H-pyrrole nitrogens is 1. The highest BCUT2D eigenvalue weighted by molar-refractivity contribution is 5.96. The molecule has 1 atom stereocenters. The van der Waals surface area contributed by atoms with Gasteiger partial charge >= 0.3 is 0 Å². The number of aromatic nitrogens is 1. The fraction of sp³-hybridized carbons (Fsp3) is 0.483. The maximum Gasteiger partial charge on any atom is 0.251 e. The highest BCUT2D eigenvalue weighted by Gasteiger charge is 2.35. The zero-order valence-corrected chi connectivity index (χ0v) is 20.9. The number of nitrogens with zero attached hydrogens (tertiary/aromatic N) is 1. The summed E-state index contributed by atoms with van der Waals surface area (Å²) in [6.45, 7) is 3.98. The molecule has 2 heterocycles. The summed E-state index contributed by atoms with van der Waals surface area (Å²) in [6.07, 6.45) is 9.76. The summed E-state index contributed by atoms with van der Waals surface area (Å²) in [4.78, 5) is 18.6. The molecule has 1 aliphatic heterocycles. The number of benzene rings is 2. The SMILES string of the molecule is CCCCNC(=O)c1ccc(F)c2c1CC(N(CCCc1c[nH]c3ccc(F)cc13)C1CCC1)CO2. The molecule has 3 aromatic rings. The number of amides is 1. The molecule has 1 fully saturated rings. The molecule has 36 heavy (non-hydrogen) atoms. The summed E-state index contributed by atoms with van der Waals surface area (Å²) in [5.41, 5.74) is 3.26. The number of carbonyl (C=O) groups excluding carboxylic acids is 1. The molecule has 1 amide bonds. The van der Waals surface area contributed by atoms with E-state index >= 15 is 0 Å². The fourth-order valence-corrected chi connectivity index (χ4v) is 5.52. The molecule has 1 aromatic heterocycles. The molecule has 0 spiro atoms. The second-order valence-electron chi connectivity index (χ2n) is 10.1. The minimum atomic E-state index is -0.407. The zero-order chi connectivity index (χ0) is 25.1. The van der Waals surface area contributed by atoms with E-state index in [2.05, 4.69) is 22.1 Å². The van der Waals surface area contributed by atoms with Crippen LogP contribution >= 0.6 is 0 Å². The second kappa shape index (κ2) is 11.0.